The molecule has 4 rings (SSSR count). The normalized spacial score (nSPS) is 11.9. The lowest BCUT2D eigenvalue weighted by Gasteiger charge is -2.26. The summed E-state index contributed by atoms with van der Waals surface area (Å²) in [6.07, 6.45) is 4.18. The van der Waals surface area contributed by atoms with Gasteiger partial charge in [0.2, 0.25) is 0 Å². The maximum atomic E-state index is 13.3. The number of anilines is 2. The van der Waals surface area contributed by atoms with Crippen molar-refractivity contribution in [3.8, 4) is 5.75 Å². The SMILES string of the molecule is CCCCCCOC(=O)N=C(N)c1ccc(NCc2nc3ccc(OC(=O)N(c4ccccn4)C(C)CC(=O)OCC)cc3[nH]2)cc1. The molecule has 47 heavy (non-hydrogen) atoms. The third kappa shape index (κ3) is 10.3. The molecule has 1 atom stereocenters. The van der Waals surface area contributed by atoms with E-state index in [1.165, 1.54) is 4.90 Å². The number of pyridine rings is 1. The van der Waals surface area contributed by atoms with Gasteiger partial charge < -0.3 is 30.2 Å². The Hall–Kier alpha value is -5.46. The number of carbonyl (C=O) groups excluding carboxylic acids is 3. The molecule has 4 aromatic rings. The van der Waals surface area contributed by atoms with Crippen LogP contribution < -0.4 is 20.7 Å². The number of ether oxygens (including phenoxy) is 3. The fourth-order valence-electron chi connectivity index (χ4n) is 4.71. The molecule has 1 unspecified atom stereocenters. The van der Waals surface area contributed by atoms with E-state index >= 15 is 0 Å². The first kappa shape index (κ1) is 34.4. The Bertz CT molecular complexity index is 1660. The monoisotopic (exact) mass is 643 g/mol. The van der Waals surface area contributed by atoms with Gasteiger partial charge in [-0.15, -0.1) is 0 Å². The van der Waals surface area contributed by atoms with Gasteiger partial charge in [0, 0.05) is 29.6 Å². The van der Waals surface area contributed by atoms with Crippen molar-refractivity contribution >= 4 is 46.5 Å². The summed E-state index contributed by atoms with van der Waals surface area (Å²) in [4.78, 5) is 54.7. The van der Waals surface area contributed by atoms with E-state index in [9.17, 15) is 14.4 Å². The average molecular weight is 644 g/mol. The van der Waals surface area contributed by atoms with Crippen LogP contribution in [-0.2, 0) is 20.8 Å². The quantitative estimate of drug-likeness (QED) is 0.0574. The number of hydrogen-bond acceptors (Lipinski definition) is 9. The lowest BCUT2D eigenvalue weighted by atomic mass is 10.2. The lowest BCUT2D eigenvalue weighted by molar-refractivity contribution is -0.143. The first-order valence-corrected chi connectivity index (χ1v) is 15.7. The molecule has 248 valence electrons. The highest BCUT2D eigenvalue weighted by atomic mass is 16.6. The molecule has 0 spiro atoms. The number of nitrogens with zero attached hydrogens (tertiary/aromatic N) is 4. The van der Waals surface area contributed by atoms with Crippen molar-refractivity contribution in [3.05, 3.63) is 78.2 Å². The van der Waals surface area contributed by atoms with Crippen molar-refractivity contribution in [1.29, 1.82) is 0 Å². The fourth-order valence-corrected chi connectivity index (χ4v) is 4.71. The molecule has 13 nitrogen and oxygen atoms in total. The summed E-state index contributed by atoms with van der Waals surface area (Å²) in [5, 5.41) is 3.29. The van der Waals surface area contributed by atoms with Crippen LogP contribution in [0.3, 0.4) is 0 Å². The number of H-pyrrole nitrogens is 1. The minimum atomic E-state index is -0.696. The molecule has 0 saturated heterocycles. The van der Waals surface area contributed by atoms with E-state index in [2.05, 4.69) is 32.2 Å². The van der Waals surface area contributed by atoms with Gasteiger partial charge in [0.1, 0.15) is 23.2 Å². The second kappa shape index (κ2) is 17.3. The van der Waals surface area contributed by atoms with Gasteiger partial charge in [0.05, 0.1) is 37.2 Å². The summed E-state index contributed by atoms with van der Waals surface area (Å²) in [5.41, 5.74) is 8.77. The van der Waals surface area contributed by atoms with Crippen molar-refractivity contribution in [3.63, 3.8) is 0 Å². The lowest BCUT2D eigenvalue weighted by Crippen LogP contribution is -2.42. The third-order valence-electron chi connectivity index (χ3n) is 7.08. The van der Waals surface area contributed by atoms with Gasteiger partial charge in [0.15, 0.2) is 0 Å². The number of imidazole rings is 1. The molecule has 2 aromatic heterocycles. The van der Waals surface area contributed by atoms with Crippen molar-refractivity contribution in [2.45, 2.75) is 65.5 Å². The molecule has 2 amide bonds. The van der Waals surface area contributed by atoms with E-state index in [0.717, 1.165) is 31.4 Å². The second-order valence-electron chi connectivity index (χ2n) is 10.7. The molecule has 0 bridgehead atoms. The largest absolute Gasteiger partial charge is 0.466 e. The van der Waals surface area contributed by atoms with Crippen molar-refractivity contribution in [2.24, 2.45) is 10.7 Å². The van der Waals surface area contributed by atoms with Crippen LogP contribution in [0.1, 0.15) is 64.3 Å². The molecule has 4 N–H and O–H groups in total. The first-order chi connectivity index (χ1) is 22.8. The molecule has 0 aliphatic heterocycles. The maximum absolute atomic E-state index is 13.3. The Labute approximate surface area is 273 Å². The van der Waals surface area contributed by atoms with Gasteiger partial charge >= 0.3 is 18.2 Å². The second-order valence-corrected chi connectivity index (χ2v) is 10.7. The van der Waals surface area contributed by atoms with Gasteiger partial charge in [-0.3, -0.25) is 9.69 Å². The Morgan fingerprint density at radius 2 is 1.83 bits per heavy atom. The first-order valence-electron chi connectivity index (χ1n) is 15.7. The van der Waals surface area contributed by atoms with Crippen LogP contribution in [0.5, 0.6) is 5.75 Å². The van der Waals surface area contributed by atoms with Gasteiger partial charge in [0.25, 0.3) is 0 Å². The fraction of sp³-hybridized carbons (Fsp3) is 0.353. The molecule has 0 radical (unpaired) electrons. The average Bonchev–Trinajstić information content (AvgIpc) is 3.47. The third-order valence-corrected chi connectivity index (χ3v) is 7.08. The predicted molar refractivity (Wildman–Crippen MR) is 180 cm³/mol. The Balaban J connectivity index is 1.35. The van der Waals surface area contributed by atoms with Crippen LogP contribution in [0.2, 0.25) is 0 Å². The number of amides is 2. The number of rotatable bonds is 15. The molecule has 2 aromatic carbocycles. The van der Waals surface area contributed by atoms with Crippen molar-refractivity contribution < 1.29 is 28.6 Å². The topological polar surface area (TPSA) is 174 Å². The zero-order valence-electron chi connectivity index (χ0n) is 26.9. The van der Waals surface area contributed by atoms with E-state index in [0.29, 0.717) is 47.1 Å². The molecule has 13 heteroatoms. The summed E-state index contributed by atoms with van der Waals surface area (Å²) in [6.45, 7) is 6.53. The van der Waals surface area contributed by atoms with E-state index in [4.69, 9.17) is 19.9 Å². The molecular weight excluding hydrogens is 602 g/mol. The minimum absolute atomic E-state index is 0.0208. The standard InChI is InChI=1S/C34H41N7O6/c1-4-6-7-10-19-46-33(43)40-32(35)24-12-14-25(15-13-24)37-22-29-38-27-17-16-26(21-28(27)39-29)47-34(44)41(30-11-8-9-18-36-30)23(3)20-31(42)45-5-2/h8-9,11-18,21,23,37H,4-7,10,19-20,22H2,1-3H3,(H,38,39)(H2,35,40,43). The molecule has 0 saturated carbocycles. The van der Waals surface area contributed by atoms with Crippen molar-refractivity contribution in [2.75, 3.05) is 23.4 Å². The highest BCUT2D eigenvalue weighted by Gasteiger charge is 2.27. The number of nitrogens with two attached hydrogens (primary N) is 1. The van der Waals surface area contributed by atoms with Crippen LogP contribution in [0.15, 0.2) is 71.9 Å². The van der Waals surface area contributed by atoms with Gasteiger partial charge in [-0.25, -0.2) is 19.6 Å². The molecule has 0 fully saturated rings. The summed E-state index contributed by atoms with van der Waals surface area (Å²) in [7, 11) is 0. The number of amidine groups is 1. The highest BCUT2D eigenvalue weighted by Crippen LogP contribution is 2.23. The van der Waals surface area contributed by atoms with Gasteiger partial charge in [-0.1, -0.05) is 32.3 Å². The zero-order valence-corrected chi connectivity index (χ0v) is 26.9. The Kier molecular flexibility index (Phi) is 12.7. The number of esters is 1. The smallest absolute Gasteiger partial charge is 0.435 e. The molecule has 0 aliphatic carbocycles. The van der Waals surface area contributed by atoms with Gasteiger partial charge in [-0.2, -0.15) is 4.99 Å². The van der Waals surface area contributed by atoms with Crippen LogP contribution in [0, 0.1) is 0 Å². The predicted octanol–water partition coefficient (Wildman–Crippen LogP) is 6.34. The summed E-state index contributed by atoms with van der Waals surface area (Å²) < 4.78 is 15.9. The number of fused-ring (bicyclic) bond motifs is 1. The summed E-state index contributed by atoms with van der Waals surface area (Å²) in [6, 6.07) is 16.8. The number of nitrogens with one attached hydrogen (secondary N) is 2. The van der Waals surface area contributed by atoms with E-state index < -0.39 is 24.2 Å². The highest BCUT2D eigenvalue weighted by molar-refractivity contribution is 6.02. The number of benzene rings is 2. The summed E-state index contributed by atoms with van der Waals surface area (Å²) >= 11 is 0. The molecule has 2 heterocycles. The van der Waals surface area contributed by atoms with E-state index in [1.54, 1.807) is 68.6 Å². The van der Waals surface area contributed by atoms with Crippen molar-refractivity contribution in [1.82, 2.24) is 15.0 Å². The van der Waals surface area contributed by atoms with Crippen LogP contribution in [-0.4, -0.2) is 58.2 Å². The summed E-state index contributed by atoms with van der Waals surface area (Å²) in [5.74, 6) is 0.969. The Morgan fingerprint density at radius 3 is 2.55 bits per heavy atom. The van der Waals surface area contributed by atoms with Crippen LogP contribution >= 0.6 is 0 Å². The molecular formula is C34H41N7O6. The minimum Gasteiger partial charge on any atom is -0.466 e. The zero-order chi connectivity index (χ0) is 33.6. The Morgan fingerprint density at radius 1 is 1.02 bits per heavy atom. The molecule has 0 aliphatic rings. The van der Waals surface area contributed by atoms with Crippen LogP contribution in [0.25, 0.3) is 11.0 Å². The van der Waals surface area contributed by atoms with E-state index in [1.807, 2.05) is 12.1 Å². The van der Waals surface area contributed by atoms with Crippen LogP contribution in [0.4, 0.5) is 21.1 Å². The number of aliphatic imine (C=N–C) groups is 1. The number of aromatic amines is 1. The number of carbonyl (C=O) groups is 3. The number of hydrogen-bond donors (Lipinski definition) is 3. The number of unbranched alkanes of at least 4 members (excludes halogenated alkanes) is 3. The maximum Gasteiger partial charge on any atom is 0.435 e. The van der Waals surface area contributed by atoms with E-state index in [-0.39, 0.29) is 18.9 Å². The van der Waals surface area contributed by atoms with Gasteiger partial charge in [-0.05, 0) is 68.8 Å². The number of aromatic nitrogens is 3.